The van der Waals surface area contributed by atoms with Crippen molar-refractivity contribution in [2.75, 3.05) is 19.7 Å². The quantitative estimate of drug-likeness (QED) is 0.394. The molecule has 0 aliphatic carbocycles. The minimum absolute atomic E-state index is 0.0163. The molecule has 1 aliphatic rings. The van der Waals surface area contributed by atoms with Crippen LogP contribution in [0.1, 0.15) is 28.2 Å². The van der Waals surface area contributed by atoms with E-state index in [-0.39, 0.29) is 36.2 Å². The lowest BCUT2D eigenvalue weighted by Gasteiger charge is -2.22. The van der Waals surface area contributed by atoms with Crippen LogP contribution in [0.3, 0.4) is 0 Å². The van der Waals surface area contributed by atoms with E-state index in [9.17, 15) is 14.7 Å². The summed E-state index contributed by atoms with van der Waals surface area (Å²) in [7, 11) is 0. The lowest BCUT2D eigenvalue weighted by atomic mass is 10.2. The molecule has 1 fully saturated rings. The van der Waals surface area contributed by atoms with E-state index < -0.39 is 11.8 Å². The Morgan fingerprint density at radius 3 is 2.94 bits per heavy atom. The molecule has 184 valence electrons. The average Bonchev–Trinajstić information content (AvgIpc) is 3.60. The first-order chi connectivity index (χ1) is 17.4. The van der Waals surface area contributed by atoms with Gasteiger partial charge in [-0.05, 0) is 44.0 Å². The van der Waals surface area contributed by atoms with Crippen molar-refractivity contribution >= 4 is 44.4 Å². The van der Waals surface area contributed by atoms with E-state index in [1.807, 2.05) is 0 Å². The van der Waals surface area contributed by atoms with Gasteiger partial charge in [0.25, 0.3) is 5.91 Å². The summed E-state index contributed by atoms with van der Waals surface area (Å²) in [4.78, 5) is 32.0. The highest BCUT2D eigenvalue weighted by Gasteiger charge is 2.30. The fraction of sp³-hybridized carbons (Fsp3) is 0.269. The van der Waals surface area contributed by atoms with Crippen molar-refractivity contribution in [1.82, 2.24) is 19.8 Å². The number of halogens is 1. The first kappa shape index (κ1) is 23.8. The normalized spacial score (nSPS) is 15.4. The molecule has 1 aromatic carbocycles. The lowest BCUT2D eigenvalue weighted by Crippen LogP contribution is -2.37. The van der Waals surface area contributed by atoms with Gasteiger partial charge >= 0.3 is 6.03 Å². The zero-order chi connectivity index (χ0) is 25.4. The van der Waals surface area contributed by atoms with Crippen molar-refractivity contribution in [2.24, 2.45) is 0 Å². The fourth-order valence-corrected chi connectivity index (χ4v) is 5.59. The summed E-state index contributed by atoms with van der Waals surface area (Å²) in [5.74, 6) is 1.92. The van der Waals surface area contributed by atoms with Gasteiger partial charge in [-0.25, -0.2) is 9.18 Å². The van der Waals surface area contributed by atoms with Crippen LogP contribution in [0.4, 0.5) is 9.18 Å². The maximum atomic E-state index is 15.5. The van der Waals surface area contributed by atoms with Gasteiger partial charge in [0.05, 0.1) is 39.8 Å². The van der Waals surface area contributed by atoms with Crippen molar-refractivity contribution in [3.8, 4) is 23.8 Å². The van der Waals surface area contributed by atoms with Gasteiger partial charge in [-0.15, -0.1) is 17.8 Å². The second-order valence-corrected chi connectivity index (χ2v) is 9.56. The van der Waals surface area contributed by atoms with Crippen molar-refractivity contribution < 1.29 is 23.8 Å². The zero-order valence-electron chi connectivity index (χ0n) is 19.5. The molecule has 4 heterocycles. The number of fused-ring (bicyclic) bond motifs is 2. The number of thiophene rings is 1. The number of hydrogen-bond acceptors (Lipinski definition) is 6. The van der Waals surface area contributed by atoms with Gasteiger partial charge in [0, 0.05) is 29.9 Å². The standard InChI is InChI=1S/C26H23FN4O4S/c1-3-9-29-26(34)31-15(2)12-17-19(31)6-7-20(23(17)27)35-21-8-10-28-18-13-22(36-24(18)21)25(33)30-11-4-5-16(30)14-32/h1,6-8,10,12-13,16,32H,4-5,9,11,14H2,2H3,(H,29,34)/t16-/m0/s1. The summed E-state index contributed by atoms with van der Waals surface area (Å²) in [6.07, 6.45) is 8.38. The number of hydrogen-bond donors (Lipinski definition) is 2. The Bertz CT molecular complexity index is 1540. The number of aliphatic hydroxyl groups excluding tert-OH is 1. The third-order valence-electron chi connectivity index (χ3n) is 6.27. The Morgan fingerprint density at radius 2 is 2.17 bits per heavy atom. The average molecular weight is 507 g/mol. The molecule has 8 nitrogen and oxygen atoms in total. The number of carbonyl (C=O) groups is 2. The molecule has 2 amide bonds. The molecule has 2 N–H and O–H groups in total. The monoisotopic (exact) mass is 506 g/mol. The molecule has 5 rings (SSSR count). The van der Waals surface area contributed by atoms with Crippen molar-refractivity contribution in [2.45, 2.75) is 25.8 Å². The minimum atomic E-state index is -0.611. The molecule has 3 aromatic heterocycles. The molecule has 0 radical (unpaired) electrons. The number of aromatic nitrogens is 2. The van der Waals surface area contributed by atoms with E-state index >= 15 is 4.39 Å². The van der Waals surface area contributed by atoms with E-state index in [4.69, 9.17) is 11.2 Å². The van der Waals surface area contributed by atoms with E-state index in [1.165, 1.54) is 28.2 Å². The SMILES string of the molecule is C#CCNC(=O)n1c(C)cc2c(F)c(Oc3ccnc4cc(C(=O)N5CCC[C@H]5CO)sc34)ccc21. The van der Waals surface area contributed by atoms with Crippen molar-refractivity contribution in [3.05, 3.63) is 52.9 Å². The highest BCUT2D eigenvalue weighted by atomic mass is 32.1. The number of aliphatic hydroxyl groups is 1. The smallest absolute Gasteiger partial charge is 0.327 e. The van der Waals surface area contributed by atoms with Crippen LogP contribution in [0.25, 0.3) is 21.1 Å². The van der Waals surface area contributed by atoms with Crippen LogP contribution in [-0.2, 0) is 0 Å². The first-order valence-electron chi connectivity index (χ1n) is 11.4. The molecule has 0 bridgehead atoms. The Balaban J connectivity index is 1.47. The molecule has 1 saturated heterocycles. The van der Waals surface area contributed by atoms with Crippen LogP contribution in [0, 0.1) is 25.1 Å². The summed E-state index contributed by atoms with van der Waals surface area (Å²) < 4.78 is 23.4. The van der Waals surface area contributed by atoms with Crippen LogP contribution < -0.4 is 10.1 Å². The summed E-state index contributed by atoms with van der Waals surface area (Å²) in [6, 6.07) is 7.33. The van der Waals surface area contributed by atoms with Gasteiger partial charge in [-0.3, -0.25) is 14.3 Å². The van der Waals surface area contributed by atoms with E-state index in [0.717, 1.165) is 12.8 Å². The molecule has 1 atom stereocenters. The molecule has 10 heteroatoms. The Morgan fingerprint density at radius 1 is 1.33 bits per heavy atom. The summed E-state index contributed by atoms with van der Waals surface area (Å²) in [5, 5.41) is 12.4. The van der Waals surface area contributed by atoms with E-state index in [2.05, 4.69) is 16.2 Å². The van der Waals surface area contributed by atoms with Gasteiger partial charge in [-0.1, -0.05) is 5.92 Å². The van der Waals surface area contributed by atoms with Crippen molar-refractivity contribution in [1.29, 1.82) is 0 Å². The molecule has 4 aromatic rings. The minimum Gasteiger partial charge on any atom is -0.453 e. The van der Waals surface area contributed by atoms with Crippen LogP contribution in [0.5, 0.6) is 11.5 Å². The lowest BCUT2D eigenvalue weighted by molar-refractivity contribution is 0.0682. The maximum Gasteiger partial charge on any atom is 0.327 e. The van der Waals surface area contributed by atoms with Gasteiger partial charge in [-0.2, -0.15) is 0 Å². The predicted molar refractivity (Wildman–Crippen MR) is 135 cm³/mol. The number of aryl methyl sites for hydroxylation is 1. The number of nitrogens with one attached hydrogen (secondary N) is 1. The highest BCUT2D eigenvalue weighted by molar-refractivity contribution is 7.21. The molecule has 0 unspecified atom stereocenters. The third-order valence-corrected chi connectivity index (χ3v) is 7.40. The van der Waals surface area contributed by atoms with Gasteiger partial charge in [0.1, 0.15) is 5.75 Å². The zero-order valence-corrected chi connectivity index (χ0v) is 20.3. The van der Waals surface area contributed by atoms with Gasteiger partial charge in [0.2, 0.25) is 0 Å². The molecule has 1 aliphatic heterocycles. The molecular weight excluding hydrogens is 483 g/mol. The number of pyridine rings is 1. The number of likely N-dealkylation sites (tertiary alicyclic amines) is 1. The Kier molecular flexibility index (Phi) is 6.35. The third kappa shape index (κ3) is 4.06. The van der Waals surface area contributed by atoms with Crippen LogP contribution in [0.2, 0.25) is 0 Å². The second kappa shape index (κ2) is 9.60. The molecule has 0 spiro atoms. The van der Waals surface area contributed by atoms with E-state index in [1.54, 1.807) is 36.1 Å². The van der Waals surface area contributed by atoms with Gasteiger partial charge in [0.15, 0.2) is 11.6 Å². The highest BCUT2D eigenvalue weighted by Crippen LogP contribution is 2.38. The maximum absolute atomic E-state index is 15.5. The largest absolute Gasteiger partial charge is 0.453 e. The fourth-order valence-electron chi connectivity index (χ4n) is 4.57. The number of benzene rings is 1. The molecular formula is C26H23FN4O4S. The topological polar surface area (TPSA) is 96.7 Å². The summed E-state index contributed by atoms with van der Waals surface area (Å²) in [6.45, 7) is 2.29. The second-order valence-electron chi connectivity index (χ2n) is 8.51. The van der Waals surface area contributed by atoms with Crippen LogP contribution >= 0.6 is 11.3 Å². The number of rotatable bonds is 5. The van der Waals surface area contributed by atoms with E-state index in [0.29, 0.717) is 38.6 Å². The molecule has 36 heavy (non-hydrogen) atoms. The molecule has 0 saturated carbocycles. The van der Waals surface area contributed by atoms with Crippen LogP contribution in [0.15, 0.2) is 36.5 Å². The summed E-state index contributed by atoms with van der Waals surface area (Å²) >= 11 is 1.22. The predicted octanol–water partition coefficient (Wildman–Crippen LogP) is 4.28. The number of terminal acetylenes is 1. The van der Waals surface area contributed by atoms with Crippen molar-refractivity contribution in [3.63, 3.8) is 0 Å². The number of ether oxygens (including phenoxy) is 1. The number of amides is 2. The van der Waals surface area contributed by atoms with Gasteiger partial charge < -0.3 is 20.1 Å². The first-order valence-corrected chi connectivity index (χ1v) is 12.2. The summed E-state index contributed by atoms with van der Waals surface area (Å²) in [5.41, 5.74) is 1.50. The Hall–Kier alpha value is -3.94. The Labute approximate surface area is 210 Å². The number of carbonyl (C=O) groups excluding carboxylic acids is 2. The number of nitrogens with zero attached hydrogens (tertiary/aromatic N) is 3. The van der Waals surface area contributed by atoms with Crippen LogP contribution in [-0.4, -0.2) is 57.2 Å².